The van der Waals surface area contributed by atoms with Crippen LogP contribution in [0.1, 0.15) is 28.4 Å². The van der Waals surface area contributed by atoms with Gasteiger partial charge in [0.2, 0.25) is 11.8 Å². The Morgan fingerprint density at radius 3 is 2.43 bits per heavy atom. The molecule has 1 aromatic heterocycles. The summed E-state index contributed by atoms with van der Waals surface area (Å²) < 4.78 is 16.9. The van der Waals surface area contributed by atoms with Gasteiger partial charge in [0.05, 0.1) is 20.5 Å². The van der Waals surface area contributed by atoms with Gasteiger partial charge in [-0.2, -0.15) is 0 Å². The number of methoxy groups -OCH3 is 2. The van der Waals surface area contributed by atoms with Gasteiger partial charge in [0.25, 0.3) is 0 Å². The van der Waals surface area contributed by atoms with Gasteiger partial charge in [0, 0.05) is 39.4 Å². The summed E-state index contributed by atoms with van der Waals surface area (Å²) in [5.41, 5.74) is 11.1. The Kier molecular flexibility index (Phi) is 6.59. The molecule has 0 atom stereocenters. The van der Waals surface area contributed by atoms with Crippen LogP contribution < -0.4 is 20.5 Å². The highest BCUT2D eigenvalue weighted by Crippen LogP contribution is 2.40. The van der Waals surface area contributed by atoms with Crippen molar-refractivity contribution in [3.63, 3.8) is 0 Å². The number of primary amides is 1. The number of nitrogens with two attached hydrogens (primary N) is 1. The second-order valence-corrected chi connectivity index (χ2v) is 8.10. The van der Waals surface area contributed by atoms with Crippen LogP contribution in [0.4, 0.5) is 5.69 Å². The lowest BCUT2D eigenvalue weighted by Gasteiger charge is -2.13. The highest BCUT2D eigenvalue weighted by molar-refractivity contribution is 6.06. The lowest BCUT2D eigenvalue weighted by Crippen LogP contribution is -2.13. The summed E-state index contributed by atoms with van der Waals surface area (Å²) in [6.07, 6.45) is 3.22. The highest BCUT2D eigenvalue weighted by atomic mass is 16.5. The second-order valence-electron chi connectivity index (χ2n) is 8.10. The number of ether oxygens (including phenoxy) is 2. The Hall–Kier alpha value is -4.52. The first-order valence-electron chi connectivity index (χ1n) is 10.9. The smallest absolute Gasteiger partial charge is 0.248 e. The molecule has 0 aliphatic carbocycles. The largest absolute Gasteiger partial charge is 0.497 e. The normalized spacial score (nSPS) is 11.4. The van der Waals surface area contributed by atoms with Crippen molar-refractivity contribution in [3.05, 3.63) is 83.6 Å². The number of carbonyl (C=O) groups excluding carboxylic acids is 2. The van der Waals surface area contributed by atoms with Crippen molar-refractivity contribution < 1.29 is 23.5 Å². The maximum absolute atomic E-state index is 12.7. The van der Waals surface area contributed by atoms with Crippen LogP contribution in [0.3, 0.4) is 0 Å². The van der Waals surface area contributed by atoms with Gasteiger partial charge >= 0.3 is 0 Å². The van der Waals surface area contributed by atoms with Crippen LogP contribution in [0.2, 0.25) is 0 Å². The van der Waals surface area contributed by atoms with Gasteiger partial charge in [-0.1, -0.05) is 18.2 Å². The third-order valence-corrected chi connectivity index (χ3v) is 5.84. The molecule has 3 aromatic carbocycles. The van der Waals surface area contributed by atoms with Crippen molar-refractivity contribution in [1.82, 2.24) is 0 Å². The fourth-order valence-electron chi connectivity index (χ4n) is 4.07. The molecule has 2 amide bonds. The SMILES string of the molecule is COc1ccc(-c2coc3c(C)c(OC)c(/C(C)=C/C(=O)Nc4cccc(C(N)=O)c4)cc23)cc1. The van der Waals surface area contributed by atoms with Gasteiger partial charge < -0.3 is 24.9 Å². The Morgan fingerprint density at radius 1 is 1.03 bits per heavy atom. The van der Waals surface area contributed by atoms with Crippen LogP contribution in [-0.2, 0) is 4.79 Å². The molecule has 3 N–H and O–H groups in total. The maximum atomic E-state index is 12.7. The summed E-state index contributed by atoms with van der Waals surface area (Å²) in [4.78, 5) is 24.2. The minimum atomic E-state index is -0.561. The van der Waals surface area contributed by atoms with Crippen LogP contribution in [0.5, 0.6) is 11.5 Å². The van der Waals surface area contributed by atoms with Crippen LogP contribution in [0.25, 0.3) is 27.7 Å². The number of hydrogen-bond donors (Lipinski definition) is 2. The number of benzene rings is 3. The lowest BCUT2D eigenvalue weighted by atomic mass is 9.96. The topological polar surface area (TPSA) is 104 Å². The van der Waals surface area contributed by atoms with E-state index >= 15 is 0 Å². The van der Waals surface area contributed by atoms with E-state index in [1.165, 1.54) is 12.1 Å². The summed E-state index contributed by atoms with van der Waals surface area (Å²) in [7, 11) is 3.22. The quantitative estimate of drug-likeness (QED) is 0.344. The molecule has 0 saturated carbocycles. The van der Waals surface area contributed by atoms with Crippen LogP contribution >= 0.6 is 0 Å². The first kappa shape index (κ1) is 23.6. The molecule has 0 aliphatic heterocycles. The second kappa shape index (κ2) is 9.77. The van der Waals surface area contributed by atoms with Gasteiger partial charge in [0.15, 0.2) is 0 Å². The van der Waals surface area contributed by atoms with Crippen LogP contribution in [0, 0.1) is 6.92 Å². The summed E-state index contributed by atoms with van der Waals surface area (Å²) in [5, 5.41) is 3.68. The third-order valence-electron chi connectivity index (χ3n) is 5.84. The zero-order chi connectivity index (χ0) is 25.1. The predicted octanol–water partition coefficient (Wildman–Crippen LogP) is 5.57. The zero-order valence-corrected chi connectivity index (χ0v) is 20.0. The van der Waals surface area contributed by atoms with E-state index in [4.69, 9.17) is 19.6 Å². The molecule has 0 unspecified atom stereocenters. The Bertz CT molecular complexity index is 1450. The standard InChI is InChI=1S/C28H26N2O5/c1-16(12-25(31)30-20-7-5-6-19(13-20)28(29)32)22-14-23-24(18-8-10-21(33-3)11-9-18)15-35-27(23)17(2)26(22)34-4/h5-15H,1-4H3,(H2,29,32)(H,30,31)/b16-12+. The van der Waals surface area contributed by atoms with Crippen molar-refractivity contribution in [2.45, 2.75) is 13.8 Å². The van der Waals surface area contributed by atoms with Crippen molar-refractivity contribution in [2.75, 3.05) is 19.5 Å². The number of nitrogens with one attached hydrogen (secondary N) is 1. The summed E-state index contributed by atoms with van der Waals surface area (Å²) in [6, 6.07) is 16.2. The highest BCUT2D eigenvalue weighted by Gasteiger charge is 2.19. The minimum Gasteiger partial charge on any atom is -0.497 e. The average molecular weight is 471 g/mol. The monoisotopic (exact) mass is 470 g/mol. The number of furan rings is 1. The number of anilines is 1. The molecule has 0 aliphatic rings. The molecule has 0 saturated heterocycles. The van der Waals surface area contributed by atoms with Crippen molar-refractivity contribution in [2.24, 2.45) is 5.73 Å². The molecule has 7 nitrogen and oxygen atoms in total. The lowest BCUT2D eigenvalue weighted by molar-refractivity contribution is -0.111. The van der Waals surface area contributed by atoms with Crippen LogP contribution in [0.15, 0.2) is 71.4 Å². The van der Waals surface area contributed by atoms with Gasteiger partial charge in [-0.3, -0.25) is 9.59 Å². The molecule has 0 spiro atoms. The maximum Gasteiger partial charge on any atom is 0.248 e. The van der Waals surface area contributed by atoms with Gasteiger partial charge in [0.1, 0.15) is 17.1 Å². The third kappa shape index (κ3) is 4.75. The van der Waals surface area contributed by atoms with E-state index in [0.29, 0.717) is 22.6 Å². The van der Waals surface area contributed by atoms with Crippen molar-refractivity contribution >= 4 is 34.0 Å². The number of carbonyl (C=O) groups is 2. The Labute approximate surface area is 203 Å². The van der Waals surface area contributed by atoms with Gasteiger partial charge in [-0.15, -0.1) is 0 Å². The van der Waals surface area contributed by atoms with Crippen molar-refractivity contribution in [3.8, 4) is 22.6 Å². The van der Waals surface area contributed by atoms with Crippen molar-refractivity contribution in [1.29, 1.82) is 0 Å². The molecule has 35 heavy (non-hydrogen) atoms. The average Bonchev–Trinajstić information content (AvgIpc) is 3.28. The molecule has 0 bridgehead atoms. The van der Waals surface area contributed by atoms with E-state index in [-0.39, 0.29) is 5.91 Å². The summed E-state index contributed by atoms with van der Waals surface area (Å²) in [6.45, 7) is 3.77. The number of hydrogen-bond acceptors (Lipinski definition) is 5. The molecular formula is C28H26N2O5. The fourth-order valence-corrected chi connectivity index (χ4v) is 4.07. The number of fused-ring (bicyclic) bond motifs is 1. The van der Waals surface area contributed by atoms with E-state index in [0.717, 1.165) is 39.0 Å². The first-order chi connectivity index (χ1) is 16.8. The number of rotatable bonds is 7. The molecule has 4 aromatic rings. The minimum absolute atomic E-state index is 0.317. The van der Waals surface area contributed by atoms with Crippen LogP contribution in [-0.4, -0.2) is 26.0 Å². The first-order valence-corrected chi connectivity index (χ1v) is 10.9. The predicted molar refractivity (Wildman–Crippen MR) is 137 cm³/mol. The molecule has 0 radical (unpaired) electrons. The fraction of sp³-hybridized carbons (Fsp3) is 0.143. The Balaban J connectivity index is 1.72. The molecule has 4 rings (SSSR count). The van der Waals surface area contributed by atoms with Gasteiger partial charge in [-0.25, -0.2) is 0 Å². The van der Waals surface area contributed by atoms with E-state index in [9.17, 15) is 9.59 Å². The number of amides is 2. The molecule has 1 heterocycles. The van der Waals surface area contributed by atoms with Gasteiger partial charge in [-0.05, 0) is 61.4 Å². The van der Waals surface area contributed by atoms with E-state index in [2.05, 4.69) is 5.32 Å². The molecule has 7 heteroatoms. The van der Waals surface area contributed by atoms with E-state index < -0.39 is 5.91 Å². The van der Waals surface area contributed by atoms with E-state index in [1.807, 2.05) is 44.2 Å². The molecule has 0 fully saturated rings. The number of allylic oxidation sites excluding steroid dienone is 1. The number of aryl methyl sites for hydroxylation is 1. The zero-order valence-electron chi connectivity index (χ0n) is 20.0. The Morgan fingerprint density at radius 2 is 1.77 bits per heavy atom. The summed E-state index contributed by atoms with van der Waals surface area (Å²) >= 11 is 0. The summed E-state index contributed by atoms with van der Waals surface area (Å²) in [5.74, 6) is 0.497. The molecule has 178 valence electrons. The molecular weight excluding hydrogens is 444 g/mol. The van der Waals surface area contributed by atoms with E-state index in [1.54, 1.807) is 38.7 Å².